The zero-order chi connectivity index (χ0) is 11.4. The van der Waals surface area contributed by atoms with Crippen LogP contribution >= 0.6 is 0 Å². The molecule has 0 amide bonds. The van der Waals surface area contributed by atoms with Crippen LogP contribution in [-0.2, 0) is 9.53 Å². The number of nitrogens with zero attached hydrogens (tertiary/aromatic N) is 1. The van der Waals surface area contributed by atoms with E-state index in [1.807, 2.05) is 13.8 Å². The van der Waals surface area contributed by atoms with E-state index in [1.165, 1.54) is 12.8 Å². The second-order valence-corrected chi connectivity index (χ2v) is 4.87. The average molecular weight is 213 g/mol. The predicted octanol–water partition coefficient (Wildman–Crippen LogP) is 2.06. The molecule has 0 bridgehead atoms. The van der Waals surface area contributed by atoms with Crippen LogP contribution < -0.4 is 0 Å². The second-order valence-electron chi connectivity index (χ2n) is 4.87. The number of hydrogen-bond donors (Lipinski definition) is 0. The first-order valence-corrected chi connectivity index (χ1v) is 5.94. The molecule has 3 nitrogen and oxygen atoms in total. The monoisotopic (exact) mass is 213 g/mol. The zero-order valence-electron chi connectivity index (χ0n) is 10.3. The van der Waals surface area contributed by atoms with Gasteiger partial charge in [-0.05, 0) is 46.1 Å². The fourth-order valence-corrected chi connectivity index (χ4v) is 2.11. The van der Waals surface area contributed by atoms with Gasteiger partial charge in [-0.2, -0.15) is 0 Å². The number of carbonyl (C=O) groups excluding carboxylic acids is 1. The molecule has 0 radical (unpaired) electrons. The van der Waals surface area contributed by atoms with Crippen LogP contribution in [0.5, 0.6) is 0 Å². The minimum absolute atomic E-state index is 0.00461. The van der Waals surface area contributed by atoms with E-state index in [0.717, 1.165) is 6.54 Å². The number of piperidine rings is 1. The van der Waals surface area contributed by atoms with Crippen LogP contribution in [0.25, 0.3) is 0 Å². The summed E-state index contributed by atoms with van der Waals surface area (Å²) in [6.45, 7) is 9.71. The fraction of sp³-hybridized carbons (Fsp3) is 0.917. The van der Waals surface area contributed by atoms with E-state index in [0.29, 0.717) is 18.5 Å². The molecule has 0 aromatic rings. The SMILES string of the molecule is CC(C)OC(=O)CN1CCCC(C)C1C. The molecule has 1 heterocycles. The minimum Gasteiger partial charge on any atom is -0.462 e. The molecule has 1 aliphatic heterocycles. The molecule has 0 N–H and O–H groups in total. The third-order valence-corrected chi connectivity index (χ3v) is 3.20. The van der Waals surface area contributed by atoms with Crippen molar-refractivity contribution in [3.63, 3.8) is 0 Å². The highest BCUT2D eigenvalue weighted by atomic mass is 16.5. The van der Waals surface area contributed by atoms with Crippen LogP contribution in [0.1, 0.15) is 40.5 Å². The second kappa shape index (κ2) is 5.50. The Morgan fingerprint density at radius 3 is 2.73 bits per heavy atom. The molecule has 0 saturated carbocycles. The molecule has 15 heavy (non-hydrogen) atoms. The summed E-state index contributed by atoms with van der Waals surface area (Å²) in [5.41, 5.74) is 0. The van der Waals surface area contributed by atoms with Crippen molar-refractivity contribution in [2.45, 2.75) is 52.7 Å². The molecule has 0 aromatic heterocycles. The summed E-state index contributed by atoms with van der Waals surface area (Å²) in [5, 5.41) is 0. The molecule has 88 valence electrons. The van der Waals surface area contributed by atoms with Crippen molar-refractivity contribution >= 4 is 5.97 Å². The maximum Gasteiger partial charge on any atom is 0.320 e. The van der Waals surface area contributed by atoms with Crippen molar-refractivity contribution < 1.29 is 9.53 Å². The molecule has 1 fully saturated rings. The first kappa shape index (κ1) is 12.5. The predicted molar refractivity (Wildman–Crippen MR) is 60.7 cm³/mol. The van der Waals surface area contributed by atoms with Crippen LogP contribution in [0, 0.1) is 5.92 Å². The van der Waals surface area contributed by atoms with E-state index in [1.54, 1.807) is 0 Å². The number of rotatable bonds is 3. The van der Waals surface area contributed by atoms with Gasteiger partial charge in [-0.15, -0.1) is 0 Å². The summed E-state index contributed by atoms with van der Waals surface area (Å²) in [5.74, 6) is 0.594. The summed E-state index contributed by atoms with van der Waals surface area (Å²) in [4.78, 5) is 13.7. The molecule has 2 unspecified atom stereocenters. The van der Waals surface area contributed by atoms with Crippen LogP contribution in [0.2, 0.25) is 0 Å². The van der Waals surface area contributed by atoms with Gasteiger partial charge in [0.1, 0.15) is 0 Å². The Labute approximate surface area is 92.8 Å². The van der Waals surface area contributed by atoms with Crippen LogP contribution in [0.3, 0.4) is 0 Å². The summed E-state index contributed by atoms with van der Waals surface area (Å²) in [6, 6.07) is 0.499. The first-order valence-electron chi connectivity index (χ1n) is 5.94. The number of esters is 1. The summed E-state index contributed by atoms with van der Waals surface area (Å²) < 4.78 is 5.16. The lowest BCUT2D eigenvalue weighted by molar-refractivity contribution is -0.149. The lowest BCUT2D eigenvalue weighted by Crippen LogP contribution is -2.45. The van der Waals surface area contributed by atoms with Crippen LogP contribution in [0.15, 0.2) is 0 Å². The molecule has 3 heteroatoms. The smallest absolute Gasteiger partial charge is 0.320 e. The number of carbonyl (C=O) groups is 1. The van der Waals surface area contributed by atoms with E-state index in [9.17, 15) is 4.79 Å². The molecule has 1 rings (SSSR count). The average Bonchev–Trinajstić information content (AvgIpc) is 2.11. The van der Waals surface area contributed by atoms with Crippen LogP contribution in [0.4, 0.5) is 0 Å². The highest BCUT2D eigenvalue weighted by Gasteiger charge is 2.26. The molecule has 1 aliphatic rings. The molecular formula is C12H23NO2. The summed E-state index contributed by atoms with van der Waals surface area (Å²) in [6.07, 6.45) is 2.46. The minimum atomic E-state index is -0.0917. The normalized spacial score (nSPS) is 28.1. The van der Waals surface area contributed by atoms with Gasteiger partial charge in [0.15, 0.2) is 0 Å². The van der Waals surface area contributed by atoms with Crippen molar-refractivity contribution in [1.82, 2.24) is 4.90 Å². The number of ether oxygens (including phenoxy) is 1. The Hall–Kier alpha value is -0.570. The fourth-order valence-electron chi connectivity index (χ4n) is 2.11. The maximum atomic E-state index is 11.5. The van der Waals surface area contributed by atoms with E-state index in [-0.39, 0.29) is 12.1 Å². The van der Waals surface area contributed by atoms with Crippen molar-refractivity contribution in [2.75, 3.05) is 13.1 Å². The largest absolute Gasteiger partial charge is 0.462 e. The lowest BCUT2D eigenvalue weighted by Gasteiger charge is -2.37. The van der Waals surface area contributed by atoms with Crippen molar-refractivity contribution in [2.24, 2.45) is 5.92 Å². The molecular weight excluding hydrogens is 190 g/mol. The van der Waals surface area contributed by atoms with Gasteiger partial charge in [-0.25, -0.2) is 0 Å². The van der Waals surface area contributed by atoms with Crippen molar-refractivity contribution in [3.05, 3.63) is 0 Å². The Morgan fingerprint density at radius 2 is 2.13 bits per heavy atom. The lowest BCUT2D eigenvalue weighted by atomic mass is 9.92. The van der Waals surface area contributed by atoms with Crippen LogP contribution in [-0.4, -0.2) is 36.1 Å². The van der Waals surface area contributed by atoms with Gasteiger partial charge in [0.25, 0.3) is 0 Å². The Kier molecular flexibility index (Phi) is 4.58. The zero-order valence-corrected chi connectivity index (χ0v) is 10.3. The first-order chi connectivity index (χ1) is 7.00. The highest BCUT2D eigenvalue weighted by Crippen LogP contribution is 2.22. The molecule has 0 aliphatic carbocycles. The Bertz CT molecular complexity index is 216. The van der Waals surface area contributed by atoms with E-state index < -0.39 is 0 Å². The highest BCUT2D eigenvalue weighted by molar-refractivity contribution is 5.71. The van der Waals surface area contributed by atoms with Crippen molar-refractivity contribution in [3.8, 4) is 0 Å². The quantitative estimate of drug-likeness (QED) is 0.672. The Morgan fingerprint density at radius 1 is 1.47 bits per heavy atom. The summed E-state index contributed by atoms with van der Waals surface area (Å²) >= 11 is 0. The van der Waals surface area contributed by atoms with Gasteiger partial charge in [0.2, 0.25) is 0 Å². The Balaban J connectivity index is 2.39. The van der Waals surface area contributed by atoms with Gasteiger partial charge >= 0.3 is 5.97 Å². The van der Waals surface area contributed by atoms with Crippen molar-refractivity contribution in [1.29, 1.82) is 0 Å². The van der Waals surface area contributed by atoms with Gasteiger partial charge < -0.3 is 4.74 Å². The molecule has 0 aromatic carbocycles. The van der Waals surface area contributed by atoms with Gasteiger partial charge in [-0.3, -0.25) is 9.69 Å². The number of hydrogen-bond acceptors (Lipinski definition) is 3. The summed E-state index contributed by atoms with van der Waals surface area (Å²) in [7, 11) is 0. The number of likely N-dealkylation sites (tertiary alicyclic amines) is 1. The third-order valence-electron chi connectivity index (χ3n) is 3.20. The van der Waals surface area contributed by atoms with Gasteiger partial charge in [0.05, 0.1) is 12.6 Å². The van der Waals surface area contributed by atoms with Gasteiger partial charge in [0, 0.05) is 6.04 Å². The van der Waals surface area contributed by atoms with E-state index in [2.05, 4.69) is 18.7 Å². The van der Waals surface area contributed by atoms with Gasteiger partial charge in [-0.1, -0.05) is 6.92 Å². The topological polar surface area (TPSA) is 29.5 Å². The van der Waals surface area contributed by atoms with E-state index >= 15 is 0 Å². The maximum absolute atomic E-state index is 11.5. The standard InChI is InChI=1S/C12H23NO2/c1-9(2)15-12(14)8-13-7-5-6-10(3)11(13)4/h9-11H,5-8H2,1-4H3. The van der Waals surface area contributed by atoms with E-state index in [4.69, 9.17) is 4.74 Å². The molecule has 2 atom stereocenters. The third kappa shape index (κ3) is 3.82. The molecule has 1 saturated heterocycles. The molecule has 0 spiro atoms.